The number of aromatic carboxylic acids is 1. The van der Waals surface area contributed by atoms with E-state index in [4.69, 9.17) is 5.11 Å². The van der Waals surface area contributed by atoms with E-state index in [2.05, 4.69) is 43.7 Å². The number of nitrogens with one attached hydrogen (secondary N) is 1. The van der Waals surface area contributed by atoms with Crippen molar-refractivity contribution in [1.82, 2.24) is 14.9 Å². The zero-order valence-electron chi connectivity index (χ0n) is 18.4. The third-order valence-corrected chi connectivity index (χ3v) is 5.63. The van der Waals surface area contributed by atoms with Crippen LogP contribution < -0.4 is 5.32 Å². The minimum Gasteiger partial charge on any atom is -0.478 e. The monoisotopic (exact) mass is 449 g/mol. The number of hydrogen-bond donors (Lipinski definition) is 3. The molecule has 0 aliphatic carbocycles. The molecule has 0 saturated carbocycles. The van der Waals surface area contributed by atoms with E-state index in [0.29, 0.717) is 17.2 Å². The van der Waals surface area contributed by atoms with E-state index in [1.54, 1.807) is 6.20 Å². The number of imidazole rings is 1. The van der Waals surface area contributed by atoms with Crippen LogP contribution in [-0.2, 0) is 24.3 Å². The molecule has 0 bridgehead atoms. The number of benzene rings is 1. The highest BCUT2D eigenvalue weighted by Gasteiger charge is 2.19. The molecule has 0 radical (unpaired) electrons. The van der Waals surface area contributed by atoms with Gasteiger partial charge in [0.2, 0.25) is 5.91 Å². The molecule has 8 heteroatoms. The summed E-state index contributed by atoms with van der Waals surface area (Å²) in [5.74, 6) is -0.264. The fourth-order valence-corrected chi connectivity index (χ4v) is 3.77. The Kier molecular flexibility index (Phi) is 9.55. The Hall–Kier alpha value is -2.35. The van der Waals surface area contributed by atoms with Crippen LogP contribution in [0.15, 0.2) is 24.4 Å². The van der Waals surface area contributed by atoms with E-state index >= 15 is 0 Å². The summed E-state index contributed by atoms with van der Waals surface area (Å²) in [5, 5.41) is 12.0. The van der Waals surface area contributed by atoms with E-state index in [9.17, 15) is 14.0 Å². The van der Waals surface area contributed by atoms with Gasteiger partial charge in [-0.1, -0.05) is 33.3 Å². The van der Waals surface area contributed by atoms with Crippen molar-refractivity contribution in [1.29, 1.82) is 0 Å². The molecule has 31 heavy (non-hydrogen) atoms. The molecule has 0 aliphatic rings. The summed E-state index contributed by atoms with van der Waals surface area (Å²) in [6, 6.07) is 3.92. The lowest BCUT2D eigenvalue weighted by atomic mass is 9.98. The molecule has 170 valence electrons. The maximum Gasteiger partial charge on any atom is 0.335 e. The number of rotatable bonds is 12. The molecule has 0 spiro atoms. The fourth-order valence-electron chi connectivity index (χ4n) is 3.46. The number of carboxylic acids is 1. The molecule has 2 aromatic rings. The van der Waals surface area contributed by atoms with Crippen molar-refractivity contribution in [3.63, 3.8) is 0 Å². The van der Waals surface area contributed by atoms with E-state index in [-0.39, 0.29) is 30.5 Å². The Morgan fingerprint density at radius 2 is 2.06 bits per heavy atom. The number of aromatic nitrogens is 2. The second-order valence-corrected chi connectivity index (χ2v) is 8.56. The minimum atomic E-state index is -1.17. The smallest absolute Gasteiger partial charge is 0.335 e. The van der Waals surface area contributed by atoms with Gasteiger partial charge in [0.05, 0.1) is 30.5 Å². The highest BCUT2D eigenvalue weighted by molar-refractivity contribution is 7.80. The number of nitrogens with zero attached hydrogens (tertiary/aromatic N) is 2. The normalized spacial score (nSPS) is 12.2. The molecule has 1 heterocycles. The number of carbonyl (C=O) groups is 2. The van der Waals surface area contributed by atoms with Crippen LogP contribution in [-0.4, -0.2) is 32.3 Å². The van der Waals surface area contributed by atoms with Crippen molar-refractivity contribution >= 4 is 24.5 Å². The summed E-state index contributed by atoms with van der Waals surface area (Å²) in [7, 11) is 0. The van der Waals surface area contributed by atoms with Crippen molar-refractivity contribution < 1.29 is 19.1 Å². The molecular weight excluding hydrogens is 417 g/mol. The second kappa shape index (κ2) is 11.9. The summed E-state index contributed by atoms with van der Waals surface area (Å²) >= 11 is 4.31. The molecule has 2 rings (SSSR count). The molecule has 1 amide bonds. The number of aryl methyl sites for hydroxylation is 1. The van der Waals surface area contributed by atoms with Gasteiger partial charge in [0, 0.05) is 23.7 Å². The van der Waals surface area contributed by atoms with Gasteiger partial charge in [-0.25, -0.2) is 14.2 Å². The lowest BCUT2D eigenvalue weighted by Gasteiger charge is -2.18. The maximum absolute atomic E-state index is 14.5. The van der Waals surface area contributed by atoms with Gasteiger partial charge >= 0.3 is 5.97 Å². The molecule has 2 N–H and O–H groups in total. The van der Waals surface area contributed by atoms with Crippen LogP contribution in [0.25, 0.3) is 0 Å². The predicted octanol–water partition coefficient (Wildman–Crippen LogP) is 4.32. The molecule has 1 aromatic carbocycles. The lowest BCUT2D eigenvalue weighted by Crippen LogP contribution is -2.33. The number of hydrogen-bond acceptors (Lipinski definition) is 4. The van der Waals surface area contributed by atoms with Crippen LogP contribution in [0, 0.1) is 17.7 Å². The lowest BCUT2D eigenvalue weighted by molar-refractivity contribution is -0.124. The van der Waals surface area contributed by atoms with Crippen LogP contribution in [0.3, 0.4) is 0 Å². The Morgan fingerprint density at radius 3 is 2.65 bits per heavy atom. The molecular formula is C23H32FN3O3S. The average molecular weight is 450 g/mol. The van der Waals surface area contributed by atoms with Crippen molar-refractivity contribution in [3.05, 3.63) is 52.9 Å². The van der Waals surface area contributed by atoms with Crippen LogP contribution in [0.4, 0.5) is 4.39 Å². The van der Waals surface area contributed by atoms with Gasteiger partial charge in [-0.15, -0.1) is 0 Å². The van der Waals surface area contributed by atoms with E-state index < -0.39 is 11.8 Å². The van der Waals surface area contributed by atoms with Crippen molar-refractivity contribution in [2.24, 2.45) is 11.8 Å². The first-order valence-corrected chi connectivity index (χ1v) is 11.3. The number of carboxylic acid groups (broad SMARTS) is 1. The number of amides is 1. The van der Waals surface area contributed by atoms with Crippen molar-refractivity contribution in [2.45, 2.75) is 59.5 Å². The Bertz CT molecular complexity index is 898. The zero-order chi connectivity index (χ0) is 23.0. The van der Waals surface area contributed by atoms with E-state index in [1.165, 1.54) is 12.1 Å². The van der Waals surface area contributed by atoms with Crippen LogP contribution in [0.5, 0.6) is 0 Å². The van der Waals surface area contributed by atoms with Gasteiger partial charge in [0.15, 0.2) is 0 Å². The zero-order valence-corrected chi connectivity index (χ0v) is 19.3. The van der Waals surface area contributed by atoms with Crippen molar-refractivity contribution in [3.8, 4) is 0 Å². The number of thiol groups is 1. The van der Waals surface area contributed by atoms with Gasteiger partial charge < -0.3 is 15.0 Å². The Morgan fingerprint density at radius 1 is 1.32 bits per heavy atom. The van der Waals surface area contributed by atoms with Gasteiger partial charge in [-0.05, 0) is 30.9 Å². The standard InChI is InChI=1S/C23H32FN3O3S/c1-4-5-6-21-25-11-19(12-26-22(28)18(14-31)9-15(2)3)27(21)13-17-8-7-16(23(29)30)10-20(17)24/h7-8,10-11,15,18,31H,4-6,9,12-14H2,1-3H3,(H,26,28)(H,29,30)/t18-/m0/s1. The first-order valence-electron chi connectivity index (χ1n) is 10.7. The summed E-state index contributed by atoms with van der Waals surface area (Å²) in [4.78, 5) is 28.2. The first kappa shape index (κ1) is 24.9. The summed E-state index contributed by atoms with van der Waals surface area (Å²) in [5.41, 5.74) is 1.07. The van der Waals surface area contributed by atoms with E-state index in [0.717, 1.165) is 43.3 Å². The molecule has 0 aliphatic heterocycles. The minimum absolute atomic E-state index is 0.0523. The third-order valence-electron chi connectivity index (χ3n) is 5.19. The average Bonchev–Trinajstić information content (AvgIpc) is 3.11. The SMILES string of the molecule is CCCCc1ncc(CNC(=O)[C@H](CS)CC(C)C)n1Cc1ccc(C(=O)O)cc1F. The summed E-state index contributed by atoms with van der Waals surface area (Å²) in [6.45, 7) is 6.74. The third kappa shape index (κ3) is 7.09. The largest absolute Gasteiger partial charge is 0.478 e. The highest BCUT2D eigenvalue weighted by atomic mass is 32.1. The highest BCUT2D eigenvalue weighted by Crippen LogP contribution is 2.18. The topological polar surface area (TPSA) is 84.2 Å². The van der Waals surface area contributed by atoms with E-state index in [1.807, 2.05) is 4.57 Å². The Balaban J connectivity index is 2.22. The van der Waals surface area contributed by atoms with Crippen LogP contribution >= 0.6 is 12.6 Å². The molecule has 1 atom stereocenters. The predicted molar refractivity (Wildman–Crippen MR) is 122 cm³/mol. The molecule has 0 unspecified atom stereocenters. The Labute approximate surface area is 188 Å². The summed E-state index contributed by atoms with van der Waals surface area (Å²) in [6.07, 6.45) is 5.16. The number of unbranched alkanes of at least 4 members (excludes halogenated alkanes) is 1. The second-order valence-electron chi connectivity index (χ2n) is 8.19. The van der Waals surface area contributed by atoms with Gasteiger partial charge in [-0.3, -0.25) is 4.79 Å². The van der Waals surface area contributed by atoms with Gasteiger partial charge in [0.25, 0.3) is 0 Å². The number of carbonyl (C=O) groups excluding carboxylic acids is 1. The first-order chi connectivity index (χ1) is 14.8. The van der Waals surface area contributed by atoms with Gasteiger partial charge in [0.1, 0.15) is 11.6 Å². The molecule has 0 saturated heterocycles. The van der Waals surface area contributed by atoms with Crippen LogP contribution in [0.1, 0.15) is 67.5 Å². The van der Waals surface area contributed by atoms with Crippen LogP contribution in [0.2, 0.25) is 0 Å². The number of halogens is 1. The van der Waals surface area contributed by atoms with Crippen molar-refractivity contribution in [2.75, 3.05) is 5.75 Å². The summed E-state index contributed by atoms with van der Waals surface area (Å²) < 4.78 is 16.4. The molecule has 1 aromatic heterocycles. The quantitative estimate of drug-likeness (QED) is 0.422. The molecule has 0 fully saturated rings. The molecule has 6 nitrogen and oxygen atoms in total. The maximum atomic E-state index is 14.5. The fraction of sp³-hybridized carbons (Fsp3) is 0.522. The van der Waals surface area contributed by atoms with Gasteiger partial charge in [-0.2, -0.15) is 12.6 Å².